The van der Waals surface area contributed by atoms with E-state index < -0.39 is 5.97 Å². The maximum Gasteiger partial charge on any atom is 0.335 e. The largest absolute Gasteiger partial charge is 0.507 e. The molecule has 0 aromatic heterocycles. The van der Waals surface area contributed by atoms with Gasteiger partial charge < -0.3 is 10.2 Å². The number of aromatic carboxylic acids is 1. The van der Waals surface area contributed by atoms with Crippen molar-refractivity contribution in [2.45, 2.75) is 6.92 Å². The summed E-state index contributed by atoms with van der Waals surface area (Å²) in [4.78, 5) is 10.5. The lowest BCUT2D eigenvalue weighted by Crippen LogP contribution is -1.95. The predicted octanol–water partition coefficient (Wildman–Crippen LogP) is 2.12. The van der Waals surface area contributed by atoms with E-state index in [9.17, 15) is 9.90 Å². The van der Waals surface area contributed by atoms with Crippen molar-refractivity contribution in [1.29, 1.82) is 0 Å². The van der Waals surface area contributed by atoms with Gasteiger partial charge in [0.1, 0.15) is 5.75 Å². The molecule has 1 rings (SSSR count). The van der Waals surface area contributed by atoms with Crippen LogP contribution in [0.3, 0.4) is 0 Å². The highest BCUT2D eigenvalue weighted by atomic mass is 16.4. The minimum Gasteiger partial charge on any atom is -0.507 e. The fourth-order valence-corrected chi connectivity index (χ4v) is 1.03. The summed E-state index contributed by atoms with van der Waals surface area (Å²) in [5, 5.41) is 18.0. The van der Waals surface area contributed by atoms with E-state index in [-0.39, 0.29) is 11.3 Å². The van der Waals surface area contributed by atoms with Crippen LogP contribution < -0.4 is 0 Å². The molecule has 1 aromatic carbocycles. The van der Waals surface area contributed by atoms with E-state index in [1.54, 1.807) is 13.0 Å². The summed E-state index contributed by atoms with van der Waals surface area (Å²) in [7, 11) is 0. The van der Waals surface area contributed by atoms with Crippen LogP contribution in [0.4, 0.5) is 0 Å². The third-order valence-electron chi connectivity index (χ3n) is 1.70. The van der Waals surface area contributed by atoms with Crippen LogP contribution in [-0.4, -0.2) is 16.2 Å². The van der Waals surface area contributed by atoms with Crippen molar-refractivity contribution in [3.63, 3.8) is 0 Å². The maximum atomic E-state index is 10.5. The van der Waals surface area contributed by atoms with E-state index in [0.29, 0.717) is 11.1 Å². The van der Waals surface area contributed by atoms with Crippen LogP contribution in [0.1, 0.15) is 22.8 Å². The van der Waals surface area contributed by atoms with Gasteiger partial charge in [0.25, 0.3) is 0 Å². The first-order valence-electron chi connectivity index (χ1n) is 3.74. The maximum absolute atomic E-state index is 10.5. The van der Waals surface area contributed by atoms with Crippen LogP contribution in [0.5, 0.6) is 5.75 Å². The average molecular weight is 178 g/mol. The van der Waals surface area contributed by atoms with Crippen molar-refractivity contribution in [2.75, 3.05) is 0 Å². The number of benzene rings is 1. The third-order valence-corrected chi connectivity index (χ3v) is 1.70. The minimum atomic E-state index is -1.05. The zero-order chi connectivity index (χ0) is 10.0. The summed E-state index contributed by atoms with van der Waals surface area (Å²) in [5.41, 5.74) is 1.35. The van der Waals surface area contributed by atoms with E-state index in [0.717, 1.165) is 0 Å². The SMILES string of the molecule is C=C(C)c1ccc(C(=O)O)cc1O. The molecule has 0 fully saturated rings. The Labute approximate surface area is 76.0 Å². The van der Waals surface area contributed by atoms with E-state index in [1.165, 1.54) is 12.1 Å². The Morgan fingerprint density at radius 2 is 2.08 bits per heavy atom. The van der Waals surface area contributed by atoms with Gasteiger partial charge in [-0.15, -0.1) is 0 Å². The molecule has 0 heterocycles. The van der Waals surface area contributed by atoms with Crippen molar-refractivity contribution in [1.82, 2.24) is 0 Å². The van der Waals surface area contributed by atoms with E-state index in [2.05, 4.69) is 6.58 Å². The summed E-state index contributed by atoms with van der Waals surface area (Å²) in [6.07, 6.45) is 0. The topological polar surface area (TPSA) is 57.5 Å². The van der Waals surface area contributed by atoms with Crippen molar-refractivity contribution >= 4 is 11.5 Å². The monoisotopic (exact) mass is 178 g/mol. The Morgan fingerprint density at radius 1 is 1.46 bits per heavy atom. The zero-order valence-corrected chi connectivity index (χ0v) is 7.24. The molecule has 0 aliphatic carbocycles. The molecule has 0 atom stereocenters. The first-order chi connectivity index (χ1) is 6.02. The molecule has 0 aliphatic rings. The molecule has 0 unspecified atom stereocenters. The smallest absolute Gasteiger partial charge is 0.335 e. The lowest BCUT2D eigenvalue weighted by molar-refractivity contribution is 0.0696. The number of phenols is 1. The Bertz CT molecular complexity index is 366. The molecule has 0 radical (unpaired) electrons. The summed E-state index contributed by atoms with van der Waals surface area (Å²) in [5.74, 6) is -1.10. The highest BCUT2D eigenvalue weighted by molar-refractivity contribution is 5.89. The number of rotatable bonds is 2. The molecule has 0 spiro atoms. The van der Waals surface area contributed by atoms with Crippen LogP contribution in [0, 0.1) is 0 Å². The van der Waals surface area contributed by atoms with Gasteiger partial charge in [-0.2, -0.15) is 0 Å². The third kappa shape index (κ3) is 1.87. The number of hydrogen-bond acceptors (Lipinski definition) is 2. The fourth-order valence-electron chi connectivity index (χ4n) is 1.03. The molecule has 68 valence electrons. The van der Waals surface area contributed by atoms with Crippen molar-refractivity contribution < 1.29 is 15.0 Å². The van der Waals surface area contributed by atoms with E-state index in [4.69, 9.17) is 5.11 Å². The van der Waals surface area contributed by atoms with Crippen LogP contribution in [0.15, 0.2) is 24.8 Å². The van der Waals surface area contributed by atoms with Crippen molar-refractivity contribution in [3.8, 4) is 5.75 Å². The van der Waals surface area contributed by atoms with Crippen molar-refractivity contribution in [2.24, 2.45) is 0 Å². The highest BCUT2D eigenvalue weighted by Gasteiger charge is 2.07. The minimum absolute atomic E-state index is 0.0487. The van der Waals surface area contributed by atoms with Crippen LogP contribution in [-0.2, 0) is 0 Å². The number of aromatic hydroxyl groups is 1. The molecule has 0 saturated heterocycles. The second kappa shape index (κ2) is 3.31. The molecule has 0 saturated carbocycles. The molecule has 3 nitrogen and oxygen atoms in total. The molecular weight excluding hydrogens is 168 g/mol. The van der Waals surface area contributed by atoms with Crippen LogP contribution in [0.25, 0.3) is 5.57 Å². The van der Waals surface area contributed by atoms with Gasteiger partial charge in [0, 0.05) is 5.56 Å². The average Bonchev–Trinajstić information content (AvgIpc) is 2.03. The van der Waals surface area contributed by atoms with Gasteiger partial charge in [-0.25, -0.2) is 4.79 Å². The van der Waals surface area contributed by atoms with Gasteiger partial charge in [0.2, 0.25) is 0 Å². The first kappa shape index (κ1) is 9.32. The number of carboxylic acids is 1. The van der Waals surface area contributed by atoms with Crippen LogP contribution >= 0.6 is 0 Å². The van der Waals surface area contributed by atoms with Gasteiger partial charge in [0.05, 0.1) is 5.56 Å². The number of allylic oxidation sites excluding steroid dienone is 1. The van der Waals surface area contributed by atoms with Gasteiger partial charge in [-0.1, -0.05) is 12.6 Å². The summed E-state index contributed by atoms with van der Waals surface area (Å²) in [6.45, 7) is 5.40. The number of carboxylic acid groups (broad SMARTS) is 1. The highest BCUT2D eigenvalue weighted by Crippen LogP contribution is 2.24. The predicted molar refractivity (Wildman–Crippen MR) is 49.8 cm³/mol. The summed E-state index contributed by atoms with van der Waals surface area (Å²) in [6, 6.07) is 4.19. The van der Waals surface area contributed by atoms with Gasteiger partial charge in [-0.05, 0) is 24.6 Å². The lowest BCUT2D eigenvalue weighted by Gasteiger charge is -2.03. The van der Waals surface area contributed by atoms with E-state index >= 15 is 0 Å². The van der Waals surface area contributed by atoms with Gasteiger partial charge >= 0.3 is 5.97 Å². The van der Waals surface area contributed by atoms with Gasteiger partial charge in [0.15, 0.2) is 0 Å². The quantitative estimate of drug-likeness (QED) is 0.729. The zero-order valence-electron chi connectivity index (χ0n) is 7.24. The Kier molecular flexibility index (Phi) is 2.37. The van der Waals surface area contributed by atoms with Crippen LogP contribution in [0.2, 0.25) is 0 Å². The Balaban J connectivity index is 3.20. The lowest BCUT2D eigenvalue weighted by atomic mass is 10.1. The Hall–Kier alpha value is -1.77. The molecule has 0 aliphatic heterocycles. The number of hydrogen-bond donors (Lipinski definition) is 2. The summed E-state index contributed by atoms with van der Waals surface area (Å²) >= 11 is 0. The molecule has 0 amide bonds. The molecular formula is C10H10O3. The number of phenolic OH excluding ortho intramolecular Hbond substituents is 1. The first-order valence-corrected chi connectivity index (χ1v) is 3.74. The van der Waals surface area contributed by atoms with E-state index in [1.807, 2.05) is 0 Å². The van der Waals surface area contributed by atoms with Crippen molar-refractivity contribution in [3.05, 3.63) is 35.9 Å². The summed E-state index contributed by atoms with van der Waals surface area (Å²) < 4.78 is 0. The molecule has 3 heteroatoms. The molecule has 0 bridgehead atoms. The second-order valence-electron chi connectivity index (χ2n) is 2.82. The van der Waals surface area contributed by atoms with Gasteiger partial charge in [-0.3, -0.25) is 0 Å². The standard InChI is InChI=1S/C10H10O3/c1-6(2)8-4-3-7(10(12)13)5-9(8)11/h3-5,11H,1H2,2H3,(H,12,13). The molecule has 2 N–H and O–H groups in total. The second-order valence-corrected chi connectivity index (χ2v) is 2.82. The normalized spacial score (nSPS) is 9.62. The fraction of sp³-hybridized carbons (Fsp3) is 0.100. The Morgan fingerprint density at radius 3 is 2.46 bits per heavy atom. The molecule has 1 aromatic rings. The molecule has 13 heavy (non-hydrogen) atoms. The number of carbonyl (C=O) groups is 1.